The van der Waals surface area contributed by atoms with Gasteiger partial charge in [-0.15, -0.1) is 0 Å². The van der Waals surface area contributed by atoms with E-state index in [2.05, 4.69) is 14.7 Å². The van der Waals surface area contributed by atoms with E-state index < -0.39 is 21.9 Å². The zero-order valence-corrected chi connectivity index (χ0v) is 25.8. The first-order valence-corrected chi connectivity index (χ1v) is 15.7. The van der Waals surface area contributed by atoms with Crippen molar-refractivity contribution in [3.8, 4) is 0 Å². The van der Waals surface area contributed by atoms with Gasteiger partial charge in [-0.1, -0.05) is 0 Å². The number of nitro benzene ring substituents is 1. The van der Waals surface area contributed by atoms with E-state index in [0.29, 0.717) is 29.1 Å². The summed E-state index contributed by atoms with van der Waals surface area (Å²) in [5, 5.41) is 30.8. The van der Waals surface area contributed by atoms with Gasteiger partial charge in [0.25, 0.3) is 5.69 Å². The van der Waals surface area contributed by atoms with Gasteiger partial charge in [-0.3, -0.25) is 19.9 Å². The molecule has 0 amide bonds. The van der Waals surface area contributed by atoms with Crippen LogP contribution >= 0.6 is 0 Å². The van der Waals surface area contributed by atoms with Crippen molar-refractivity contribution in [1.29, 1.82) is 0 Å². The van der Waals surface area contributed by atoms with Crippen LogP contribution in [0.4, 0.5) is 31.5 Å². The number of benzene rings is 2. The van der Waals surface area contributed by atoms with Crippen LogP contribution in [0.5, 0.6) is 0 Å². The Labute approximate surface area is 258 Å². The minimum Gasteiger partial charge on any atom is -0.399 e. The van der Waals surface area contributed by atoms with Crippen LogP contribution in [0.3, 0.4) is 0 Å². The van der Waals surface area contributed by atoms with E-state index >= 15 is 0 Å². The van der Waals surface area contributed by atoms with Crippen molar-refractivity contribution in [2.45, 2.75) is 75.7 Å². The number of anilines is 3. The van der Waals surface area contributed by atoms with Gasteiger partial charge >= 0.3 is 0 Å². The van der Waals surface area contributed by atoms with Crippen molar-refractivity contribution in [3.05, 3.63) is 58.1 Å². The van der Waals surface area contributed by atoms with Crippen molar-refractivity contribution < 1.29 is 23.9 Å². The molecule has 44 heavy (non-hydrogen) atoms. The third-order valence-electron chi connectivity index (χ3n) is 9.91. The Morgan fingerprint density at radius 1 is 0.773 bits per heavy atom. The normalized spacial score (nSPS) is 25.5. The maximum Gasteiger partial charge on any atom is 0.272 e. The summed E-state index contributed by atoms with van der Waals surface area (Å²) < 4.78 is 28.1. The highest BCUT2D eigenvalue weighted by Crippen LogP contribution is 2.32. The molecule has 0 spiro atoms. The molecule has 2 atom stereocenters. The molecule has 4 heterocycles. The highest BCUT2D eigenvalue weighted by molar-refractivity contribution is 5.55. The van der Waals surface area contributed by atoms with Crippen molar-refractivity contribution in [2.75, 3.05) is 67.9 Å². The Bertz CT molecular complexity index is 1310. The van der Waals surface area contributed by atoms with Crippen LogP contribution in [0.1, 0.15) is 52.4 Å². The average Bonchev–Trinajstić information content (AvgIpc) is 3.64. The van der Waals surface area contributed by atoms with E-state index in [1.807, 2.05) is 18.7 Å². The molecule has 0 radical (unpaired) electrons. The molecule has 242 valence electrons. The number of piperidine rings is 2. The van der Waals surface area contributed by atoms with Crippen molar-refractivity contribution in [1.82, 2.24) is 9.80 Å². The van der Waals surface area contributed by atoms with E-state index in [0.717, 1.165) is 96.9 Å². The quantitative estimate of drug-likeness (QED) is 0.260. The summed E-state index contributed by atoms with van der Waals surface area (Å²) in [6.45, 7) is 10.5. The summed E-state index contributed by atoms with van der Waals surface area (Å²) in [5.74, 6) is -0.779. The lowest BCUT2D eigenvalue weighted by molar-refractivity contribution is -0.385. The molecule has 0 aromatic heterocycles. The first-order valence-electron chi connectivity index (χ1n) is 15.7. The molecule has 4 fully saturated rings. The van der Waals surface area contributed by atoms with Gasteiger partial charge in [0.2, 0.25) is 0 Å². The molecular formula is C32H46F2N6O4. The van der Waals surface area contributed by atoms with Gasteiger partial charge in [0.1, 0.15) is 5.82 Å². The molecule has 4 aliphatic rings. The van der Waals surface area contributed by atoms with Gasteiger partial charge in [-0.2, -0.15) is 0 Å². The van der Waals surface area contributed by atoms with Gasteiger partial charge in [-0.25, -0.2) is 8.78 Å². The smallest absolute Gasteiger partial charge is 0.272 e. The Hall–Kier alpha value is -3.06. The summed E-state index contributed by atoms with van der Waals surface area (Å²) in [6.07, 6.45) is 5.15. The lowest BCUT2D eigenvalue weighted by atomic mass is 9.93. The molecule has 0 aliphatic carbocycles. The second-order valence-electron chi connectivity index (χ2n) is 13.4. The van der Waals surface area contributed by atoms with Gasteiger partial charge in [0.15, 0.2) is 5.82 Å². The maximum atomic E-state index is 14.1. The maximum absolute atomic E-state index is 14.1. The Morgan fingerprint density at radius 2 is 1.20 bits per heavy atom. The summed E-state index contributed by atoms with van der Waals surface area (Å²) in [5.41, 5.74) is 5.84. The Morgan fingerprint density at radius 3 is 1.61 bits per heavy atom. The summed E-state index contributed by atoms with van der Waals surface area (Å²) in [4.78, 5) is 19.0. The van der Waals surface area contributed by atoms with Gasteiger partial charge in [-0.05, 0) is 76.6 Å². The SMILES string of the molecule is CC1(O)CCN([C@@H]2CCN(c3ccc(N)cc3F)C2)CC1.CC1(O)CCN([C@@H]2CCN(c3ccc([N+](=O)[O-])cc3F)C2)CC1. The molecule has 4 N–H and O–H groups in total. The lowest BCUT2D eigenvalue weighted by Gasteiger charge is -2.39. The fourth-order valence-corrected chi connectivity index (χ4v) is 6.90. The molecule has 2 aromatic carbocycles. The molecule has 4 aliphatic heterocycles. The first kappa shape index (κ1) is 32.3. The monoisotopic (exact) mass is 616 g/mol. The van der Waals surface area contributed by atoms with E-state index in [-0.39, 0.29) is 11.5 Å². The molecule has 4 saturated heterocycles. The molecular weight excluding hydrogens is 570 g/mol. The third-order valence-corrected chi connectivity index (χ3v) is 9.91. The van der Waals surface area contributed by atoms with E-state index in [1.165, 1.54) is 18.2 Å². The van der Waals surface area contributed by atoms with Gasteiger partial charge in [0.05, 0.1) is 33.6 Å². The van der Waals surface area contributed by atoms with Gasteiger partial charge in [0, 0.05) is 76.2 Å². The topological polar surface area (TPSA) is 123 Å². The van der Waals surface area contributed by atoms with Crippen molar-refractivity contribution in [2.24, 2.45) is 0 Å². The van der Waals surface area contributed by atoms with Gasteiger partial charge < -0.3 is 25.7 Å². The van der Waals surface area contributed by atoms with E-state index in [1.54, 1.807) is 12.1 Å². The first-order chi connectivity index (χ1) is 20.8. The second-order valence-corrected chi connectivity index (χ2v) is 13.4. The number of rotatable bonds is 5. The lowest BCUT2D eigenvalue weighted by Crippen LogP contribution is -2.47. The number of hydrogen-bond donors (Lipinski definition) is 3. The molecule has 0 unspecified atom stereocenters. The van der Waals surface area contributed by atoms with Crippen LogP contribution in [-0.2, 0) is 0 Å². The van der Waals surface area contributed by atoms with Crippen LogP contribution in [0.2, 0.25) is 0 Å². The predicted molar refractivity (Wildman–Crippen MR) is 168 cm³/mol. The number of nitrogen functional groups attached to an aromatic ring is 1. The number of likely N-dealkylation sites (tertiary alicyclic amines) is 2. The number of nitrogens with two attached hydrogens (primary N) is 1. The zero-order valence-electron chi connectivity index (χ0n) is 25.8. The number of nitro groups is 1. The van der Waals surface area contributed by atoms with E-state index in [4.69, 9.17) is 5.73 Å². The molecule has 12 heteroatoms. The van der Waals surface area contributed by atoms with Crippen molar-refractivity contribution >= 4 is 22.7 Å². The number of aliphatic hydroxyl groups is 2. The minimum absolute atomic E-state index is 0.222. The molecule has 0 saturated carbocycles. The number of halogens is 2. The molecule has 0 bridgehead atoms. The minimum atomic E-state index is -0.584. The van der Waals surface area contributed by atoms with Crippen LogP contribution in [0.15, 0.2) is 36.4 Å². The Kier molecular flexibility index (Phi) is 9.64. The number of nitrogens with zero attached hydrogens (tertiary/aromatic N) is 5. The van der Waals surface area contributed by atoms with Crippen LogP contribution in [0, 0.1) is 21.7 Å². The summed E-state index contributed by atoms with van der Waals surface area (Å²) in [7, 11) is 0. The second kappa shape index (κ2) is 13.1. The molecule has 6 rings (SSSR count). The fraction of sp³-hybridized carbons (Fsp3) is 0.625. The largest absolute Gasteiger partial charge is 0.399 e. The highest BCUT2D eigenvalue weighted by atomic mass is 19.1. The predicted octanol–water partition coefficient (Wildman–Crippen LogP) is 3.99. The van der Waals surface area contributed by atoms with Crippen LogP contribution in [0.25, 0.3) is 0 Å². The summed E-state index contributed by atoms with van der Waals surface area (Å²) in [6, 6.07) is 9.55. The third kappa shape index (κ3) is 7.77. The number of hydrogen-bond acceptors (Lipinski definition) is 9. The van der Waals surface area contributed by atoms with Crippen LogP contribution in [-0.4, -0.2) is 101 Å². The number of non-ortho nitro benzene ring substituents is 1. The average molecular weight is 617 g/mol. The Balaban J connectivity index is 0.000000175. The van der Waals surface area contributed by atoms with Crippen molar-refractivity contribution in [3.63, 3.8) is 0 Å². The fourth-order valence-electron chi connectivity index (χ4n) is 6.90. The molecule has 2 aromatic rings. The van der Waals surface area contributed by atoms with Crippen LogP contribution < -0.4 is 15.5 Å². The highest BCUT2D eigenvalue weighted by Gasteiger charge is 2.36. The van der Waals surface area contributed by atoms with E-state index in [9.17, 15) is 29.1 Å². The summed E-state index contributed by atoms with van der Waals surface area (Å²) >= 11 is 0. The molecule has 10 nitrogen and oxygen atoms in total. The standard InChI is InChI=1S/C16H22FN3O3.C16H24FN3O/c1-16(21)5-8-18(9-6-16)13-4-7-19(11-13)15-3-2-12(20(22)23)10-14(15)17;1-16(21)5-8-19(9-6-16)13-4-7-20(11-13)15-3-2-12(18)10-14(15)17/h2-3,10,13,21H,4-9,11H2,1H3;2-3,10,13,21H,4-9,11,18H2,1H3/t2*13-/m11/s1. The zero-order chi connectivity index (χ0) is 31.6.